The molecule has 0 saturated carbocycles. The Kier molecular flexibility index (Phi) is 2.15. The predicted octanol–water partition coefficient (Wildman–Crippen LogP) is 2.41. The standard InChI is InChI=1S/C8H8FN/c1-7(9)6-8-2-4-10-5-3-8/h2-6H,1H3/b7-6-. The van der Waals surface area contributed by atoms with E-state index in [1.807, 2.05) is 0 Å². The molecule has 1 aromatic heterocycles. The first-order chi connectivity index (χ1) is 4.79. The van der Waals surface area contributed by atoms with Gasteiger partial charge in [0.2, 0.25) is 0 Å². The lowest BCUT2D eigenvalue weighted by atomic mass is 10.2. The highest BCUT2D eigenvalue weighted by Crippen LogP contribution is 2.04. The van der Waals surface area contributed by atoms with E-state index in [0.29, 0.717) is 0 Å². The number of nitrogens with zero attached hydrogens (tertiary/aromatic N) is 1. The van der Waals surface area contributed by atoms with Gasteiger partial charge in [-0.25, -0.2) is 4.39 Å². The van der Waals surface area contributed by atoms with Gasteiger partial charge in [-0.2, -0.15) is 0 Å². The van der Waals surface area contributed by atoms with E-state index in [4.69, 9.17) is 0 Å². The van der Waals surface area contributed by atoms with Crippen molar-refractivity contribution in [3.05, 3.63) is 35.9 Å². The molecule has 10 heavy (non-hydrogen) atoms. The summed E-state index contributed by atoms with van der Waals surface area (Å²) in [7, 11) is 0. The van der Waals surface area contributed by atoms with E-state index < -0.39 is 0 Å². The van der Waals surface area contributed by atoms with Crippen molar-refractivity contribution in [1.82, 2.24) is 4.98 Å². The number of hydrogen-bond donors (Lipinski definition) is 0. The average Bonchev–Trinajstić information content (AvgIpc) is 1.88. The van der Waals surface area contributed by atoms with Crippen LogP contribution in [0.2, 0.25) is 0 Å². The Hall–Kier alpha value is -1.18. The maximum absolute atomic E-state index is 12.2. The smallest absolute Gasteiger partial charge is 0.0974 e. The predicted molar refractivity (Wildman–Crippen MR) is 39.0 cm³/mol. The minimum atomic E-state index is -0.189. The minimum Gasteiger partial charge on any atom is -0.265 e. The first-order valence-corrected chi connectivity index (χ1v) is 3.03. The van der Waals surface area contributed by atoms with E-state index in [2.05, 4.69) is 4.98 Å². The number of pyridine rings is 1. The number of aromatic nitrogens is 1. The highest BCUT2D eigenvalue weighted by Gasteiger charge is 1.85. The Labute approximate surface area is 59.2 Å². The Bertz CT molecular complexity index is 224. The molecule has 0 radical (unpaired) electrons. The number of allylic oxidation sites excluding steroid dienone is 1. The van der Waals surface area contributed by atoms with Crippen molar-refractivity contribution < 1.29 is 4.39 Å². The normalized spacial score (nSPS) is 11.6. The van der Waals surface area contributed by atoms with Gasteiger partial charge in [-0.05, 0) is 30.7 Å². The topological polar surface area (TPSA) is 12.9 Å². The fourth-order valence-electron chi connectivity index (χ4n) is 0.689. The molecule has 0 atom stereocenters. The van der Waals surface area contributed by atoms with Gasteiger partial charge in [-0.15, -0.1) is 0 Å². The lowest BCUT2D eigenvalue weighted by Gasteiger charge is -1.88. The van der Waals surface area contributed by atoms with Crippen molar-refractivity contribution in [2.75, 3.05) is 0 Å². The van der Waals surface area contributed by atoms with Crippen molar-refractivity contribution in [1.29, 1.82) is 0 Å². The van der Waals surface area contributed by atoms with Gasteiger partial charge in [0.05, 0.1) is 5.83 Å². The third-order valence-electron chi connectivity index (χ3n) is 1.07. The molecule has 1 nitrogen and oxygen atoms in total. The maximum Gasteiger partial charge on any atom is 0.0974 e. The first-order valence-electron chi connectivity index (χ1n) is 3.03. The van der Waals surface area contributed by atoms with Gasteiger partial charge in [0, 0.05) is 12.4 Å². The molecule has 1 rings (SSSR count). The van der Waals surface area contributed by atoms with Crippen molar-refractivity contribution in [2.24, 2.45) is 0 Å². The zero-order chi connectivity index (χ0) is 7.40. The van der Waals surface area contributed by atoms with E-state index in [9.17, 15) is 4.39 Å². The quantitative estimate of drug-likeness (QED) is 0.579. The molecular formula is C8H8FN. The van der Waals surface area contributed by atoms with Crippen LogP contribution in [0.25, 0.3) is 6.08 Å². The highest BCUT2D eigenvalue weighted by atomic mass is 19.1. The molecule has 0 bridgehead atoms. The summed E-state index contributed by atoms with van der Waals surface area (Å²) < 4.78 is 12.2. The Balaban J connectivity index is 2.87. The Morgan fingerprint density at radius 3 is 2.60 bits per heavy atom. The summed E-state index contributed by atoms with van der Waals surface area (Å²) in [5.41, 5.74) is 0.843. The summed E-state index contributed by atoms with van der Waals surface area (Å²) in [5.74, 6) is -0.189. The van der Waals surface area contributed by atoms with Gasteiger partial charge in [0.15, 0.2) is 0 Å². The van der Waals surface area contributed by atoms with Crippen LogP contribution >= 0.6 is 0 Å². The lowest BCUT2D eigenvalue weighted by molar-refractivity contribution is 0.648. The van der Waals surface area contributed by atoms with Gasteiger partial charge >= 0.3 is 0 Å². The molecule has 0 fully saturated rings. The Morgan fingerprint density at radius 1 is 1.50 bits per heavy atom. The van der Waals surface area contributed by atoms with E-state index in [1.165, 1.54) is 13.0 Å². The van der Waals surface area contributed by atoms with Gasteiger partial charge < -0.3 is 0 Å². The van der Waals surface area contributed by atoms with Gasteiger partial charge in [0.1, 0.15) is 0 Å². The molecule has 0 amide bonds. The molecule has 0 aromatic carbocycles. The summed E-state index contributed by atoms with van der Waals surface area (Å²) in [4.78, 5) is 3.80. The van der Waals surface area contributed by atoms with E-state index in [-0.39, 0.29) is 5.83 Å². The fourth-order valence-corrected chi connectivity index (χ4v) is 0.689. The third kappa shape index (κ3) is 1.97. The lowest BCUT2D eigenvalue weighted by Crippen LogP contribution is -1.72. The number of rotatable bonds is 1. The average molecular weight is 137 g/mol. The van der Waals surface area contributed by atoms with Crippen LogP contribution in [0.5, 0.6) is 0 Å². The van der Waals surface area contributed by atoms with Crippen molar-refractivity contribution >= 4 is 6.08 Å². The second kappa shape index (κ2) is 3.11. The molecule has 0 spiro atoms. The van der Waals surface area contributed by atoms with Crippen LogP contribution in [0, 0.1) is 0 Å². The highest BCUT2D eigenvalue weighted by molar-refractivity contribution is 5.49. The number of halogens is 1. The number of hydrogen-bond acceptors (Lipinski definition) is 1. The summed E-state index contributed by atoms with van der Waals surface area (Å²) in [6.07, 6.45) is 4.73. The fraction of sp³-hybridized carbons (Fsp3) is 0.125. The van der Waals surface area contributed by atoms with Gasteiger partial charge in [-0.1, -0.05) is 0 Å². The van der Waals surface area contributed by atoms with E-state index in [1.54, 1.807) is 24.5 Å². The molecule has 0 aliphatic carbocycles. The van der Waals surface area contributed by atoms with Gasteiger partial charge in [0.25, 0.3) is 0 Å². The Morgan fingerprint density at radius 2 is 2.10 bits per heavy atom. The van der Waals surface area contributed by atoms with Crippen molar-refractivity contribution in [3.63, 3.8) is 0 Å². The van der Waals surface area contributed by atoms with E-state index >= 15 is 0 Å². The SMILES string of the molecule is C/C(F)=C/c1ccncc1. The zero-order valence-corrected chi connectivity index (χ0v) is 5.71. The minimum absolute atomic E-state index is 0.189. The van der Waals surface area contributed by atoms with Crippen LogP contribution in [0.15, 0.2) is 30.4 Å². The monoisotopic (exact) mass is 137 g/mol. The summed E-state index contributed by atoms with van der Waals surface area (Å²) in [6.45, 7) is 1.42. The first kappa shape index (κ1) is 6.93. The molecule has 2 heteroatoms. The van der Waals surface area contributed by atoms with Crippen molar-refractivity contribution in [3.8, 4) is 0 Å². The van der Waals surface area contributed by atoms with Crippen LogP contribution in [-0.4, -0.2) is 4.98 Å². The van der Waals surface area contributed by atoms with E-state index in [0.717, 1.165) is 5.56 Å². The molecule has 0 aliphatic rings. The van der Waals surface area contributed by atoms with Crippen LogP contribution in [0.4, 0.5) is 4.39 Å². The summed E-state index contributed by atoms with van der Waals surface area (Å²) in [6, 6.07) is 3.51. The molecule has 1 aromatic rings. The maximum atomic E-state index is 12.2. The van der Waals surface area contributed by atoms with Crippen LogP contribution < -0.4 is 0 Å². The second-order valence-corrected chi connectivity index (χ2v) is 2.01. The van der Waals surface area contributed by atoms with Gasteiger partial charge in [-0.3, -0.25) is 4.98 Å². The van der Waals surface area contributed by atoms with Crippen LogP contribution in [-0.2, 0) is 0 Å². The van der Waals surface area contributed by atoms with Crippen LogP contribution in [0.1, 0.15) is 12.5 Å². The molecule has 0 unspecified atom stereocenters. The molecule has 52 valence electrons. The summed E-state index contributed by atoms with van der Waals surface area (Å²) >= 11 is 0. The summed E-state index contributed by atoms with van der Waals surface area (Å²) in [5, 5.41) is 0. The molecule has 0 saturated heterocycles. The van der Waals surface area contributed by atoms with Crippen LogP contribution in [0.3, 0.4) is 0 Å². The molecular weight excluding hydrogens is 129 g/mol. The molecule has 1 heterocycles. The second-order valence-electron chi connectivity index (χ2n) is 2.01. The largest absolute Gasteiger partial charge is 0.265 e. The molecule has 0 N–H and O–H groups in total. The third-order valence-corrected chi connectivity index (χ3v) is 1.07. The van der Waals surface area contributed by atoms with Crippen molar-refractivity contribution in [2.45, 2.75) is 6.92 Å². The zero-order valence-electron chi connectivity index (χ0n) is 5.71. The molecule has 0 aliphatic heterocycles.